The van der Waals surface area contributed by atoms with E-state index in [-0.39, 0.29) is 18.9 Å². The van der Waals surface area contributed by atoms with Gasteiger partial charge in [-0.3, -0.25) is 0 Å². The third-order valence-electron chi connectivity index (χ3n) is 10.2. The van der Waals surface area contributed by atoms with Crippen LogP contribution in [-0.4, -0.2) is 86.8 Å². The van der Waals surface area contributed by atoms with Crippen molar-refractivity contribution < 1.29 is 44.5 Å². The number of ether oxygens (including phenoxy) is 2. The first-order chi connectivity index (χ1) is 23.8. The maximum absolute atomic E-state index is 15.1. The molecule has 292 valence electrons. The maximum Gasteiger partial charge on any atom is 0.186 e. The van der Waals surface area contributed by atoms with Crippen molar-refractivity contribution in [1.82, 2.24) is 0 Å². The van der Waals surface area contributed by atoms with E-state index < -0.39 is 55.4 Å². The number of halogens is 1. The number of hydrogen-bond donors (Lipinski definition) is 6. The van der Waals surface area contributed by atoms with Gasteiger partial charge >= 0.3 is 0 Å². The van der Waals surface area contributed by atoms with E-state index in [1.54, 1.807) is 0 Å². The van der Waals surface area contributed by atoms with Crippen LogP contribution in [0.4, 0.5) is 4.39 Å². The van der Waals surface area contributed by atoms with Crippen molar-refractivity contribution in [1.29, 1.82) is 0 Å². The average molecular weight is 705 g/mol. The molecule has 0 aromatic heterocycles. The van der Waals surface area contributed by atoms with Gasteiger partial charge in [0.25, 0.3) is 0 Å². The van der Waals surface area contributed by atoms with Gasteiger partial charge in [0.15, 0.2) is 6.29 Å². The van der Waals surface area contributed by atoms with Gasteiger partial charge in [-0.05, 0) is 25.3 Å². The summed E-state index contributed by atoms with van der Waals surface area (Å²) in [6, 6.07) is 0. The zero-order valence-electron chi connectivity index (χ0n) is 31.4. The van der Waals surface area contributed by atoms with Crippen LogP contribution in [0.3, 0.4) is 0 Å². The molecule has 1 aliphatic heterocycles. The predicted molar refractivity (Wildman–Crippen MR) is 196 cm³/mol. The first-order valence-electron chi connectivity index (χ1n) is 20.4. The van der Waals surface area contributed by atoms with Crippen LogP contribution in [0, 0.1) is 5.92 Å². The van der Waals surface area contributed by atoms with Crippen LogP contribution < -0.4 is 0 Å². The van der Waals surface area contributed by atoms with Gasteiger partial charge in [-0.25, -0.2) is 4.39 Å². The molecule has 8 atom stereocenters. The second-order valence-electron chi connectivity index (χ2n) is 14.7. The Balaban J connectivity index is 2.53. The Labute approximate surface area is 298 Å². The molecule has 0 bridgehead atoms. The third kappa shape index (κ3) is 22.1. The Morgan fingerprint density at radius 3 is 1.51 bits per heavy atom. The Hall–Kier alpha value is -0.650. The van der Waals surface area contributed by atoms with E-state index in [2.05, 4.69) is 13.8 Å². The fourth-order valence-corrected chi connectivity index (χ4v) is 6.76. The van der Waals surface area contributed by atoms with Crippen molar-refractivity contribution >= 4 is 0 Å². The molecular weight excluding hydrogens is 627 g/mol. The molecule has 1 fully saturated rings. The first-order valence-corrected chi connectivity index (χ1v) is 20.4. The Morgan fingerprint density at radius 2 is 1.06 bits per heavy atom. The zero-order chi connectivity index (χ0) is 36.1. The van der Waals surface area contributed by atoms with Gasteiger partial charge in [-0.15, -0.1) is 0 Å². The molecule has 0 spiro atoms. The SMILES string of the molecule is CCCCCCCCCCCCCC/C(F)=C\[C@@H](COC1OC(CO)C(O)C(O)C1O)[C@H](O)[C@H](O)CCCCCCCCCCCCCC. The normalized spacial score (nSPS) is 23.5. The summed E-state index contributed by atoms with van der Waals surface area (Å²) < 4.78 is 26.2. The van der Waals surface area contributed by atoms with E-state index in [4.69, 9.17) is 9.47 Å². The molecule has 0 amide bonds. The van der Waals surface area contributed by atoms with E-state index in [0.29, 0.717) is 12.8 Å². The van der Waals surface area contributed by atoms with Crippen molar-refractivity contribution in [2.75, 3.05) is 13.2 Å². The fourth-order valence-electron chi connectivity index (χ4n) is 6.76. The van der Waals surface area contributed by atoms with Gasteiger partial charge in [0, 0.05) is 5.92 Å². The maximum atomic E-state index is 15.1. The number of hydrogen-bond acceptors (Lipinski definition) is 8. The minimum atomic E-state index is -1.60. The van der Waals surface area contributed by atoms with Crippen LogP contribution in [0.25, 0.3) is 0 Å². The summed E-state index contributed by atoms with van der Waals surface area (Å²) in [5.41, 5.74) is 0. The van der Waals surface area contributed by atoms with E-state index >= 15 is 4.39 Å². The minimum Gasteiger partial charge on any atom is -0.394 e. The number of aliphatic hydroxyl groups excluding tert-OH is 6. The Morgan fingerprint density at radius 1 is 0.633 bits per heavy atom. The lowest BCUT2D eigenvalue weighted by Crippen LogP contribution is -2.59. The van der Waals surface area contributed by atoms with E-state index in [9.17, 15) is 30.6 Å². The van der Waals surface area contributed by atoms with Crippen molar-refractivity contribution in [2.24, 2.45) is 5.92 Å². The molecule has 0 aliphatic carbocycles. The fraction of sp³-hybridized carbons (Fsp3) is 0.950. The lowest BCUT2D eigenvalue weighted by atomic mass is 9.93. The first kappa shape index (κ1) is 46.4. The molecular formula is C40H77FO8. The van der Waals surface area contributed by atoms with Crippen molar-refractivity contribution in [3.8, 4) is 0 Å². The summed E-state index contributed by atoms with van der Waals surface area (Å²) in [5, 5.41) is 62.0. The minimum absolute atomic E-state index is 0.232. The molecule has 1 rings (SSSR count). The highest BCUT2D eigenvalue weighted by atomic mass is 19.1. The number of unbranched alkanes of at least 4 members (excludes halogenated alkanes) is 22. The average Bonchev–Trinajstić information content (AvgIpc) is 3.10. The molecule has 1 aliphatic rings. The standard InChI is InChI=1S/C40H77FO8/c1-3-5-7-9-11-13-15-17-19-21-23-25-27-33(41)29-32(31-48-40-39(47)38(46)37(45)35(30-42)49-40)36(44)34(43)28-26-24-22-20-18-16-14-12-10-8-6-4-2/h29,32,34-40,42-47H,3-28,30-31H2,1-2H3/b33-29+/t32-,34+,35?,36-,37?,38?,39?,40?/m0/s1. The zero-order valence-corrected chi connectivity index (χ0v) is 31.4. The molecule has 8 nitrogen and oxygen atoms in total. The van der Waals surface area contributed by atoms with Gasteiger partial charge in [0.2, 0.25) is 0 Å². The van der Waals surface area contributed by atoms with Gasteiger partial charge < -0.3 is 40.1 Å². The highest BCUT2D eigenvalue weighted by Gasteiger charge is 2.44. The lowest BCUT2D eigenvalue weighted by Gasteiger charge is -2.40. The van der Waals surface area contributed by atoms with Crippen LogP contribution in [0.2, 0.25) is 0 Å². The predicted octanol–water partition coefficient (Wildman–Crippen LogP) is 8.18. The van der Waals surface area contributed by atoms with Crippen molar-refractivity contribution in [3.63, 3.8) is 0 Å². The summed E-state index contributed by atoms with van der Waals surface area (Å²) in [6.07, 6.45) is 20.8. The number of rotatable bonds is 33. The largest absolute Gasteiger partial charge is 0.394 e. The summed E-state index contributed by atoms with van der Waals surface area (Å²) in [4.78, 5) is 0. The Kier molecular flexibility index (Phi) is 29.3. The summed E-state index contributed by atoms with van der Waals surface area (Å²) >= 11 is 0. The monoisotopic (exact) mass is 705 g/mol. The van der Waals surface area contributed by atoms with E-state index in [0.717, 1.165) is 44.9 Å². The van der Waals surface area contributed by atoms with E-state index in [1.165, 1.54) is 109 Å². The van der Waals surface area contributed by atoms with Crippen LogP contribution >= 0.6 is 0 Å². The molecule has 5 unspecified atom stereocenters. The van der Waals surface area contributed by atoms with E-state index in [1.807, 2.05) is 0 Å². The molecule has 0 radical (unpaired) electrons. The number of allylic oxidation sites excluding steroid dienone is 1. The van der Waals surface area contributed by atoms with Gasteiger partial charge in [0.1, 0.15) is 24.4 Å². The quantitative estimate of drug-likeness (QED) is 0.0376. The van der Waals surface area contributed by atoms with Crippen LogP contribution in [0.5, 0.6) is 0 Å². The summed E-state index contributed by atoms with van der Waals surface area (Å²) in [7, 11) is 0. The summed E-state index contributed by atoms with van der Waals surface area (Å²) in [6.45, 7) is 3.59. The molecule has 6 N–H and O–H groups in total. The van der Waals surface area contributed by atoms with Crippen molar-refractivity contribution in [3.05, 3.63) is 11.9 Å². The molecule has 49 heavy (non-hydrogen) atoms. The molecule has 0 aromatic carbocycles. The van der Waals surface area contributed by atoms with Gasteiger partial charge in [-0.2, -0.15) is 0 Å². The van der Waals surface area contributed by atoms with Gasteiger partial charge in [-0.1, -0.05) is 162 Å². The van der Waals surface area contributed by atoms with Crippen LogP contribution in [-0.2, 0) is 9.47 Å². The molecule has 0 aromatic rings. The lowest BCUT2D eigenvalue weighted by molar-refractivity contribution is -0.303. The smallest absolute Gasteiger partial charge is 0.186 e. The molecule has 9 heteroatoms. The van der Waals surface area contributed by atoms with Crippen LogP contribution in [0.1, 0.15) is 181 Å². The second kappa shape index (κ2) is 30.9. The molecule has 1 heterocycles. The molecule has 1 saturated heterocycles. The number of aliphatic hydroxyl groups is 6. The van der Waals surface area contributed by atoms with Crippen molar-refractivity contribution in [2.45, 2.75) is 224 Å². The highest BCUT2D eigenvalue weighted by Crippen LogP contribution is 2.26. The third-order valence-corrected chi connectivity index (χ3v) is 10.2. The molecule has 0 saturated carbocycles. The Bertz CT molecular complexity index is 769. The topological polar surface area (TPSA) is 140 Å². The highest BCUT2D eigenvalue weighted by molar-refractivity contribution is 5.00. The summed E-state index contributed by atoms with van der Waals surface area (Å²) in [5.74, 6) is -1.30. The second-order valence-corrected chi connectivity index (χ2v) is 14.7. The van der Waals surface area contributed by atoms with Crippen LogP contribution in [0.15, 0.2) is 11.9 Å². The van der Waals surface area contributed by atoms with Gasteiger partial charge in [0.05, 0.1) is 31.2 Å².